The van der Waals surface area contributed by atoms with Crippen LogP contribution in [0, 0.1) is 17.8 Å². The van der Waals surface area contributed by atoms with Crippen molar-refractivity contribution in [3.63, 3.8) is 0 Å². The molecule has 0 atom stereocenters. The highest BCUT2D eigenvalue weighted by atomic mass is 16.3. The van der Waals surface area contributed by atoms with Gasteiger partial charge in [-0.1, -0.05) is 33.8 Å². The normalized spacial score (nSPS) is 11.5. The molecule has 0 fully saturated rings. The van der Waals surface area contributed by atoms with E-state index < -0.39 is 0 Å². The third kappa shape index (κ3) is 4.35. The molecule has 0 aliphatic rings. The molecule has 1 rings (SSSR count). The van der Waals surface area contributed by atoms with Crippen molar-refractivity contribution in [3.05, 3.63) is 23.9 Å². The Morgan fingerprint density at radius 1 is 1.18 bits per heavy atom. The molecule has 0 aliphatic carbocycles. The topological polar surface area (TPSA) is 45.1 Å². The first-order chi connectivity index (χ1) is 8.04. The molecule has 0 saturated carbocycles. The zero-order chi connectivity index (χ0) is 12.8. The maximum absolute atomic E-state index is 8.93. The van der Waals surface area contributed by atoms with Gasteiger partial charge in [0, 0.05) is 12.7 Å². The predicted molar refractivity (Wildman–Crippen MR) is 71.8 cm³/mol. The van der Waals surface area contributed by atoms with Gasteiger partial charge >= 0.3 is 0 Å². The molecule has 0 aliphatic heterocycles. The Kier molecular flexibility index (Phi) is 5.42. The van der Waals surface area contributed by atoms with Crippen molar-refractivity contribution in [2.45, 2.75) is 34.3 Å². The molecule has 0 aromatic carbocycles. The number of nitrogens with one attached hydrogen (secondary N) is 1. The quantitative estimate of drug-likeness (QED) is 0.798. The van der Waals surface area contributed by atoms with Crippen LogP contribution in [0.3, 0.4) is 0 Å². The van der Waals surface area contributed by atoms with Gasteiger partial charge in [0.25, 0.3) is 0 Å². The third-order valence-electron chi connectivity index (χ3n) is 3.24. The first-order valence-corrected chi connectivity index (χ1v) is 6.34. The summed E-state index contributed by atoms with van der Waals surface area (Å²) in [4.78, 5) is 4.27. The summed E-state index contributed by atoms with van der Waals surface area (Å²) >= 11 is 0. The fourth-order valence-electron chi connectivity index (χ4n) is 2.09. The lowest BCUT2D eigenvalue weighted by molar-refractivity contribution is 0.281. The minimum absolute atomic E-state index is 0.0495. The Bertz CT molecular complexity index is 311. The number of aliphatic hydroxyl groups excluding tert-OH is 1. The van der Waals surface area contributed by atoms with Crippen LogP contribution in [0.5, 0.6) is 0 Å². The van der Waals surface area contributed by atoms with Gasteiger partial charge in [-0.05, 0) is 29.4 Å². The molecule has 1 aromatic rings. The van der Waals surface area contributed by atoms with E-state index >= 15 is 0 Å². The summed E-state index contributed by atoms with van der Waals surface area (Å²) in [6.45, 7) is 10.0. The molecule has 1 heterocycles. The van der Waals surface area contributed by atoms with Crippen LogP contribution in [-0.2, 0) is 6.61 Å². The van der Waals surface area contributed by atoms with E-state index in [-0.39, 0.29) is 6.61 Å². The Hall–Kier alpha value is -1.09. The van der Waals surface area contributed by atoms with Gasteiger partial charge in [0.05, 0.1) is 6.61 Å². The Labute approximate surface area is 104 Å². The lowest BCUT2D eigenvalue weighted by atomic mass is 9.85. The minimum atomic E-state index is 0.0495. The molecule has 1 aromatic heterocycles. The van der Waals surface area contributed by atoms with Crippen molar-refractivity contribution in [2.24, 2.45) is 17.8 Å². The molecule has 0 spiro atoms. The largest absolute Gasteiger partial charge is 0.392 e. The van der Waals surface area contributed by atoms with Crippen LogP contribution in [0.2, 0.25) is 0 Å². The van der Waals surface area contributed by atoms with E-state index in [0.29, 0.717) is 17.8 Å². The maximum atomic E-state index is 8.93. The highest BCUT2D eigenvalue weighted by molar-refractivity contribution is 5.35. The summed E-state index contributed by atoms with van der Waals surface area (Å²) < 4.78 is 0. The van der Waals surface area contributed by atoms with E-state index in [1.54, 1.807) is 6.20 Å². The van der Waals surface area contributed by atoms with E-state index in [4.69, 9.17) is 5.11 Å². The number of aromatic nitrogens is 1. The van der Waals surface area contributed by atoms with Crippen LogP contribution in [0.4, 0.5) is 5.82 Å². The van der Waals surface area contributed by atoms with E-state index in [0.717, 1.165) is 17.9 Å². The zero-order valence-corrected chi connectivity index (χ0v) is 11.3. The van der Waals surface area contributed by atoms with Gasteiger partial charge in [-0.25, -0.2) is 4.98 Å². The van der Waals surface area contributed by atoms with Gasteiger partial charge in [0.15, 0.2) is 0 Å². The number of rotatable bonds is 6. The molecule has 0 bridgehead atoms. The summed E-state index contributed by atoms with van der Waals surface area (Å²) in [6.07, 6.45) is 1.71. The number of nitrogens with zero attached hydrogens (tertiary/aromatic N) is 1. The summed E-state index contributed by atoms with van der Waals surface area (Å²) in [5, 5.41) is 12.3. The molecule has 0 saturated heterocycles. The smallest absolute Gasteiger partial charge is 0.125 e. The van der Waals surface area contributed by atoms with E-state index in [9.17, 15) is 0 Å². The highest BCUT2D eigenvalue weighted by Crippen LogP contribution is 2.20. The number of aliphatic hydroxyl groups is 1. The number of hydrogen-bond donors (Lipinski definition) is 2. The average molecular weight is 236 g/mol. The lowest BCUT2D eigenvalue weighted by Crippen LogP contribution is -2.24. The fourth-order valence-corrected chi connectivity index (χ4v) is 2.09. The number of hydrogen-bond acceptors (Lipinski definition) is 3. The van der Waals surface area contributed by atoms with E-state index in [1.807, 2.05) is 12.1 Å². The van der Waals surface area contributed by atoms with Crippen molar-refractivity contribution in [1.29, 1.82) is 0 Å². The number of pyridine rings is 1. The molecule has 2 N–H and O–H groups in total. The van der Waals surface area contributed by atoms with Gasteiger partial charge in [-0.2, -0.15) is 0 Å². The Morgan fingerprint density at radius 3 is 2.24 bits per heavy atom. The molecule has 96 valence electrons. The molecule has 3 nitrogen and oxygen atoms in total. The van der Waals surface area contributed by atoms with Crippen molar-refractivity contribution >= 4 is 5.82 Å². The fraction of sp³-hybridized carbons (Fsp3) is 0.643. The molecular weight excluding hydrogens is 212 g/mol. The van der Waals surface area contributed by atoms with E-state index in [2.05, 4.69) is 38.0 Å². The molecule has 0 radical (unpaired) electrons. The molecule has 17 heavy (non-hydrogen) atoms. The van der Waals surface area contributed by atoms with Crippen molar-refractivity contribution in [3.8, 4) is 0 Å². The maximum Gasteiger partial charge on any atom is 0.125 e. The van der Waals surface area contributed by atoms with Crippen molar-refractivity contribution < 1.29 is 5.11 Å². The SMILES string of the molecule is CC(C)C(CNc1ccc(CO)cn1)C(C)C. The van der Waals surface area contributed by atoms with Crippen molar-refractivity contribution in [2.75, 3.05) is 11.9 Å². The van der Waals surface area contributed by atoms with E-state index in [1.165, 1.54) is 0 Å². The second kappa shape index (κ2) is 6.60. The van der Waals surface area contributed by atoms with Gasteiger partial charge in [-0.3, -0.25) is 0 Å². The van der Waals surface area contributed by atoms with Crippen LogP contribution < -0.4 is 5.32 Å². The minimum Gasteiger partial charge on any atom is -0.392 e. The first-order valence-electron chi connectivity index (χ1n) is 6.34. The number of anilines is 1. The van der Waals surface area contributed by atoms with Crippen LogP contribution in [-0.4, -0.2) is 16.6 Å². The monoisotopic (exact) mass is 236 g/mol. The van der Waals surface area contributed by atoms with Crippen LogP contribution >= 0.6 is 0 Å². The predicted octanol–water partition coefficient (Wildman–Crippen LogP) is 2.91. The summed E-state index contributed by atoms with van der Waals surface area (Å²) in [7, 11) is 0. The van der Waals surface area contributed by atoms with Gasteiger partial charge in [0.2, 0.25) is 0 Å². The lowest BCUT2D eigenvalue weighted by Gasteiger charge is -2.25. The van der Waals surface area contributed by atoms with Crippen LogP contribution in [0.25, 0.3) is 0 Å². The Morgan fingerprint density at radius 2 is 1.82 bits per heavy atom. The summed E-state index contributed by atoms with van der Waals surface area (Å²) in [6, 6.07) is 3.82. The van der Waals surface area contributed by atoms with Gasteiger partial charge in [0.1, 0.15) is 5.82 Å². The molecule has 3 heteroatoms. The Balaban J connectivity index is 2.53. The second-order valence-electron chi connectivity index (χ2n) is 5.24. The molecule has 0 amide bonds. The summed E-state index contributed by atoms with van der Waals surface area (Å²) in [5.74, 6) is 2.86. The van der Waals surface area contributed by atoms with Crippen LogP contribution in [0.15, 0.2) is 18.3 Å². The second-order valence-corrected chi connectivity index (χ2v) is 5.24. The standard InChI is InChI=1S/C14H24N2O/c1-10(2)13(11(3)4)8-16-14-6-5-12(9-17)7-15-14/h5-7,10-11,13,17H,8-9H2,1-4H3,(H,15,16). The average Bonchev–Trinajstić information content (AvgIpc) is 2.29. The summed E-state index contributed by atoms with van der Waals surface area (Å²) in [5.41, 5.74) is 0.847. The highest BCUT2D eigenvalue weighted by Gasteiger charge is 2.16. The first kappa shape index (κ1) is 14.0. The molecular formula is C14H24N2O. The van der Waals surface area contributed by atoms with Crippen LogP contribution in [0.1, 0.15) is 33.3 Å². The third-order valence-corrected chi connectivity index (χ3v) is 3.24. The van der Waals surface area contributed by atoms with Gasteiger partial charge in [-0.15, -0.1) is 0 Å². The van der Waals surface area contributed by atoms with Gasteiger partial charge < -0.3 is 10.4 Å². The molecule has 0 unspecified atom stereocenters. The van der Waals surface area contributed by atoms with Crippen molar-refractivity contribution in [1.82, 2.24) is 4.98 Å². The zero-order valence-electron chi connectivity index (χ0n) is 11.3.